The number of carbonyl (C=O) groups is 1. The molecule has 2 heterocycles. The van der Waals surface area contributed by atoms with Gasteiger partial charge in [-0.2, -0.15) is 0 Å². The highest BCUT2D eigenvalue weighted by molar-refractivity contribution is 6.05. The number of benzene rings is 2. The third kappa shape index (κ3) is 4.87. The maximum Gasteiger partial charge on any atom is 0.249 e. The van der Waals surface area contributed by atoms with Gasteiger partial charge in [0.1, 0.15) is 6.04 Å². The molecule has 0 spiro atoms. The summed E-state index contributed by atoms with van der Waals surface area (Å²) in [6, 6.07) is 17.0. The first-order valence-corrected chi connectivity index (χ1v) is 13.1. The zero-order chi connectivity index (χ0) is 25.2. The summed E-state index contributed by atoms with van der Waals surface area (Å²) in [5.41, 5.74) is 5.91. The molecular formula is C29H36N6O. The summed E-state index contributed by atoms with van der Waals surface area (Å²) >= 11 is 0. The average Bonchev–Trinajstić information content (AvgIpc) is 2.88. The Morgan fingerprint density at radius 2 is 1.78 bits per heavy atom. The Kier molecular flexibility index (Phi) is 6.81. The van der Waals surface area contributed by atoms with Gasteiger partial charge in [0.25, 0.3) is 0 Å². The first-order valence-electron chi connectivity index (χ1n) is 13.1. The van der Waals surface area contributed by atoms with Crippen molar-refractivity contribution in [3.63, 3.8) is 0 Å². The van der Waals surface area contributed by atoms with E-state index in [0.717, 1.165) is 34.0 Å². The van der Waals surface area contributed by atoms with Gasteiger partial charge in [0.2, 0.25) is 11.9 Å². The lowest BCUT2D eigenvalue weighted by atomic mass is 9.95. The van der Waals surface area contributed by atoms with Crippen LogP contribution in [0.25, 0.3) is 11.3 Å². The molecule has 2 aromatic carbocycles. The van der Waals surface area contributed by atoms with Crippen molar-refractivity contribution >= 4 is 34.6 Å². The van der Waals surface area contributed by atoms with Crippen LogP contribution >= 0.6 is 0 Å². The first-order chi connectivity index (χ1) is 17.4. The van der Waals surface area contributed by atoms with E-state index in [1.54, 1.807) is 11.1 Å². The number of aromatic nitrogens is 2. The van der Waals surface area contributed by atoms with Crippen molar-refractivity contribution in [2.75, 3.05) is 27.5 Å². The summed E-state index contributed by atoms with van der Waals surface area (Å²) < 4.78 is 0. The quantitative estimate of drug-likeness (QED) is 0.433. The van der Waals surface area contributed by atoms with Gasteiger partial charge in [-0.1, -0.05) is 31.4 Å². The lowest BCUT2D eigenvalue weighted by Gasteiger charge is -2.42. The first kappa shape index (κ1) is 24.1. The van der Waals surface area contributed by atoms with Crippen molar-refractivity contribution in [2.24, 2.45) is 0 Å². The number of likely N-dealkylation sites (N-methyl/N-ethyl adjacent to an activating group) is 1. The van der Waals surface area contributed by atoms with Gasteiger partial charge in [-0.05, 0) is 70.0 Å². The predicted molar refractivity (Wildman–Crippen MR) is 148 cm³/mol. The van der Waals surface area contributed by atoms with Crippen LogP contribution in [0.5, 0.6) is 0 Å². The zero-order valence-corrected chi connectivity index (χ0v) is 21.7. The molecule has 1 aliphatic heterocycles. The van der Waals surface area contributed by atoms with Crippen LogP contribution in [0.3, 0.4) is 0 Å². The molecule has 1 unspecified atom stereocenters. The Balaban J connectivity index is 1.38. The summed E-state index contributed by atoms with van der Waals surface area (Å²) in [6.07, 6.45) is 8.23. The molecule has 188 valence electrons. The molecule has 1 aromatic heterocycles. The highest BCUT2D eigenvalue weighted by atomic mass is 16.2. The van der Waals surface area contributed by atoms with Crippen LogP contribution in [0.4, 0.5) is 28.7 Å². The van der Waals surface area contributed by atoms with E-state index >= 15 is 0 Å². The lowest BCUT2D eigenvalue weighted by Crippen LogP contribution is -2.53. The third-order valence-corrected chi connectivity index (χ3v) is 7.32. The second-order valence-electron chi connectivity index (χ2n) is 10.2. The summed E-state index contributed by atoms with van der Waals surface area (Å²) in [5.74, 6) is 0.649. The van der Waals surface area contributed by atoms with Gasteiger partial charge in [0.05, 0.1) is 17.1 Å². The summed E-state index contributed by atoms with van der Waals surface area (Å²) in [6.45, 7) is 6.19. The smallest absolute Gasteiger partial charge is 0.249 e. The second-order valence-corrected chi connectivity index (χ2v) is 10.2. The van der Waals surface area contributed by atoms with Gasteiger partial charge in [-0.25, -0.2) is 9.97 Å². The summed E-state index contributed by atoms with van der Waals surface area (Å²) in [4.78, 5) is 25.9. The van der Waals surface area contributed by atoms with Crippen molar-refractivity contribution in [1.82, 2.24) is 9.97 Å². The SMILES string of the molecule is CC(C)N1c2cc(Nc3nccc(-c4cccc(NC5CCCCC5)c4)n3)ccc2N(C)C(=O)C1C. The number of carbonyl (C=O) groups excluding carboxylic acids is 1. The van der Waals surface area contributed by atoms with Crippen LogP contribution in [0, 0.1) is 0 Å². The van der Waals surface area contributed by atoms with E-state index in [0.29, 0.717) is 12.0 Å². The molecule has 2 N–H and O–H groups in total. The van der Waals surface area contributed by atoms with Crippen LogP contribution in [0.15, 0.2) is 54.7 Å². The van der Waals surface area contributed by atoms with Crippen LogP contribution < -0.4 is 20.4 Å². The number of amides is 1. The molecule has 0 bridgehead atoms. The Labute approximate surface area is 213 Å². The molecule has 7 nitrogen and oxygen atoms in total. The highest BCUT2D eigenvalue weighted by Crippen LogP contribution is 2.39. The van der Waals surface area contributed by atoms with E-state index in [-0.39, 0.29) is 18.0 Å². The molecule has 5 rings (SSSR count). The molecule has 1 saturated carbocycles. The molecule has 0 radical (unpaired) electrons. The van der Waals surface area contributed by atoms with Gasteiger partial charge in [-0.3, -0.25) is 4.79 Å². The molecule has 3 aromatic rings. The lowest BCUT2D eigenvalue weighted by molar-refractivity contribution is -0.119. The van der Waals surface area contributed by atoms with E-state index in [1.807, 2.05) is 32.2 Å². The van der Waals surface area contributed by atoms with Crippen molar-refractivity contribution in [1.29, 1.82) is 0 Å². The number of hydrogen-bond acceptors (Lipinski definition) is 6. The normalized spacial score (nSPS) is 18.4. The van der Waals surface area contributed by atoms with Gasteiger partial charge >= 0.3 is 0 Å². The van der Waals surface area contributed by atoms with Crippen molar-refractivity contribution in [2.45, 2.75) is 71.0 Å². The largest absolute Gasteiger partial charge is 0.382 e. The zero-order valence-electron chi connectivity index (χ0n) is 21.7. The summed E-state index contributed by atoms with van der Waals surface area (Å²) in [7, 11) is 1.84. The highest BCUT2D eigenvalue weighted by Gasteiger charge is 2.35. The summed E-state index contributed by atoms with van der Waals surface area (Å²) in [5, 5.41) is 7.08. The van der Waals surface area contributed by atoms with Crippen LogP contribution in [-0.2, 0) is 4.79 Å². The van der Waals surface area contributed by atoms with E-state index in [2.05, 4.69) is 64.7 Å². The number of nitrogens with zero attached hydrogens (tertiary/aromatic N) is 4. The Bertz CT molecular complexity index is 1240. The molecule has 1 amide bonds. The van der Waals surface area contributed by atoms with Crippen LogP contribution in [-0.4, -0.2) is 41.0 Å². The number of anilines is 5. The minimum Gasteiger partial charge on any atom is -0.382 e. The van der Waals surface area contributed by atoms with Crippen LogP contribution in [0.1, 0.15) is 52.9 Å². The monoisotopic (exact) mass is 484 g/mol. The molecular weight excluding hydrogens is 448 g/mol. The third-order valence-electron chi connectivity index (χ3n) is 7.32. The molecule has 1 atom stereocenters. The molecule has 7 heteroatoms. The number of fused-ring (bicyclic) bond motifs is 1. The maximum absolute atomic E-state index is 12.7. The molecule has 0 saturated heterocycles. The minimum atomic E-state index is -0.216. The predicted octanol–water partition coefficient (Wildman–Crippen LogP) is 6.21. The molecule has 1 fully saturated rings. The van der Waals surface area contributed by atoms with Crippen molar-refractivity contribution < 1.29 is 4.79 Å². The van der Waals surface area contributed by atoms with Gasteiger partial charge in [-0.15, -0.1) is 0 Å². The molecule has 36 heavy (non-hydrogen) atoms. The average molecular weight is 485 g/mol. The van der Waals surface area contributed by atoms with Gasteiger partial charge in [0, 0.05) is 42.3 Å². The van der Waals surface area contributed by atoms with Crippen molar-refractivity contribution in [3.05, 3.63) is 54.7 Å². The fraction of sp³-hybridized carbons (Fsp3) is 0.414. The number of hydrogen-bond donors (Lipinski definition) is 2. The van der Waals surface area contributed by atoms with E-state index in [4.69, 9.17) is 4.98 Å². The van der Waals surface area contributed by atoms with Crippen molar-refractivity contribution in [3.8, 4) is 11.3 Å². The number of nitrogens with one attached hydrogen (secondary N) is 2. The fourth-order valence-electron chi connectivity index (χ4n) is 5.50. The van der Waals surface area contributed by atoms with Gasteiger partial charge < -0.3 is 20.4 Å². The topological polar surface area (TPSA) is 73.4 Å². The van der Waals surface area contributed by atoms with Crippen LogP contribution in [0.2, 0.25) is 0 Å². The van der Waals surface area contributed by atoms with E-state index < -0.39 is 0 Å². The Morgan fingerprint density at radius 3 is 2.56 bits per heavy atom. The standard InChI is InChI=1S/C29H36N6O/c1-19(2)35-20(3)28(36)34(4)26-14-13-24(18-27(26)35)32-29-30-16-15-25(33-29)21-9-8-12-23(17-21)31-22-10-6-5-7-11-22/h8-9,12-20,22,31H,5-7,10-11H2,1-4H3,(H,30,32,33). The van der Waals surface area contributed by atoms with Gasteiger partial charge in [0.15, 0.2) is 0 Å². The number of rotatable bonds is 6. The molecule has 1 aliphatic carbocycles. The Morgan fingerprint density at radius 1 is 0.972 bits per heavy atom. The maximum atomic E-state index is 12.7. The van der Waals surface area contributed by atoms with E-state index in [9.17, 15) is 4.79 Å². The van der Waals surface area contributed by atoms with E-state index in [1.165, 1.54) is 32.1 Å². The molecule has 2 aliphatic rings. The second kappa shape index (κ2) is 10.2. The Hall–Kier alpha value is -3.61. The fourth-order valence-corrected chi connectivity index (χ4v) is 5.50. The minimum absolute atomic E-state index is 0.105.